The highest BCUT2D eigenvalue weighted by atomic mass is 35.5. The Labute approximate surface area is 98.2 Å². The maximum atomic E-state index is 11.1. The summed E-state index contributed by atoms with van der Waals surface area (Å²) in [5.74, 6) is 0. The van der Waals surface area contributed by atoms with E-state index < -0.39 is 0 Å². The van der Waals surface area contributed by atoms with E-state index in [1.54, 1.807) is 0 Å². The molecule has 0 radical (unpaired) electrons. The van der Waals surface area contributed by atoms with Crippen molar-refractivity contribution in [2.24, 2.45) is 0 Å². The van der Waals surface area contributed by atoms with Gasteiger partial charge < -0.3 is 10.1 Å². The molecule has 6 heteroatoms. The second-order valence-electron chi connectivity index (χ2n) is 3.78. The van der Waals surface area contributed by atoms with Crippen LogP contribution >= 0.6 is 11.6 Å². The third kappa shape index (κ3) is 2.74. The molecule has 0 aromatic carbocycles. The molecule has 2 heterocycles. The number of halogens is 1. The molecule has 1 aliphatic rings. The number of rotatable bonds is 4. The molecule has 2 rings (SSSR count). The lowest BCUT2D eigenvalue weighted by Crippen LogP contribution is -2.15. The van der Waals surface area contributed by atoms with Gasteiger partial charge in [-0.2, -0.15) is 5.10 Å². The molecule has 1 fully saturated rings. The van der Waals surface area contributed by atoms with Crippen LogP contribution in [0.4, 0.5) is 5.69 Å². The van der Waals surface area contributed by atoms with Crippen molar-refractivity contribution >= 4 is 17.3 Å². The Kier molecular flexibility index (Phi) is 3.79. The third-order valence-electron chi connectivity index (χ3n) is 2.60. The molecule has 0 saturated carbocycles. The number of hydrogen-bond acceptors (Lipinski definition) is 4. The zero-order chi connectivity index (χ0) is 11.4. The van der Waals surface area contributed by atoms with Crippen molar-refractivity contribution in [3.63, 3.8) is 0 Å². The van der Waals surface area contributed by atoms with Crippen molar-refractivity contribution in [2.45, 2.75) is 25.4 Å². The number of nitrogens with zero attached hydrogens (tertiary/aromatic N) is 1. The first-order valence-electron chi connectivity index (χ1n) is 5.36. The van der Waals surface area contributed by atoms with E-state index >= 15 is 0 Å². The molecule has 1 aliphatic heterocycles. The summed E-state index contributed by atoms with van der Waals surface area (Å²) in [6.07, 6.45) is 5.02. The third-order valence-corrected chi connectivity index (χ3v) is 2.98. The number of aromatic nitrogens is 2. The molecule has 1 atom stereocenters. The summed E-state index contributed by atoms with van der Waals surface area (Å²) < 4.78 is 5.49. The average molecular weight is 244 g/mol. The molecule has 16 heavy (non-hydrogen) atoms. The largest absolute Gasteiger partial charge is 0.382 e. The topological polar surface area (TPSA) is 67.0 Å². The smallest absolute Gasteiger partial charge is 0.285 e. The Hall–Kier alpha value is -1.07. The van der Waals surface area contributed by atoms with E-state index in [0.717, 1.165) is 32.4 Å². The van der Waals surface area contributed by atoms with Crippen LogP contribution in [0.3, 0.4) is 0 Å². The van der Waals surface area contributed by atoms with Crippen LogP contribution in [0.5, 0.6) is 0 Å². The molecule has 1 saturated heterocycles. The number of anilines is 1. The van der Waals surface area contributed by atoms with Gasteiger partial charge in [0.25, 0.3) is 5.56 Å². The Balaban J connectivity index is 1.84. The van der Waals surface area contributed by atoms with E-state index in [-0.39, 0.29) is 10.6 Å². The van der Waals surface area contributed by atoms with Crippen LogP contribution in [0, 0.1) is 0 Å². The SMILES string of the molecule is O=c1[nH]ncc(NCCC2CCCO2)c1Cl. The fraction of sp³-hybridized carbons (Fsp3) is 0.600. The first-order chi connectivity index (χ1) is 7.77. The van der Waals surface area contributed by atoms with Gasteiger partial charge in [-0.3, -0.25) is 4.79 Å². The van der Waals surface area contributed by atoms with Crippen LogP contribution < -0.4 is 10.9 Å². The lowest BCUT2D eigenvalue weighted by Gasteiger charge is -2.10. The quantitative estimate of drug-likeness (QED) is 0.839. The van der Waals surface area contributed by atoms with Crippen molar-refractivity contribution in [1.29, 1.82) is 0 Å². The van der Waals surface area contributed by atoms with Crippen LogP contribution in [-0.4, -0.2) is 29.5 Å². The summed E-state index contributed by atoms with van der Waals surface area (Å²) in [7, 11) is 0. The Morgan fingerprint density at radius 1 is 1.69 bits per heavy atom. The summed E-state index contributed by atoms with van der Waals surface area (Å²) in [5, 5.41) is 9.19. The second kappa shape index (κ2) is 5.32. The van der Waals surface area contributed by atoms with Gasteiger partial charge in [-0.15, -0.1) is 0 Å². The van der Waals surface area contributed by atoms with E-state index in [4.69, 9.17) is 16.3 Å². The summed E-state index contributed by atoms with van der Waals surface area (Å²) in [6, 6.07) is 0. The zero-order valence-electron chi connectivity index (χ0n) is 8.83. The number of hydrogen-bond donors (Lipinski definition) is 2. The summed E-state index contributed by atoms with van der Waals surface area (Å²) in [5.41, 5.74) is 0.201. The van der Waals surface area contributed by atoms with Gasteiger partial charge in [0.15, 0.2) is 0 Å². The van der Waals surface area contributed by atoms with Gasteiger partial charge in [-0.25, -0.2) is 5.10 Å². The zero-order valence-corrected chi connectivity index (χ0v) is 9.59. The Morgan fingerprint density at radius 2 is 2.56 bits per heavy atom. The molecule has 1 aromatic rings. The molecule has 0 aliphatic carbocycles. The fourth-order valence-corrected chi connectivity index (χ4v) is 1.90. The first-order valence-corrected chi connectivity index (χ1v) is 5.74. The molecule has 1 aromatic heterocycles. The summed E-state index contributed by atoms with van der Waals surface area (Å²) in [6.45, 7) is 1.59. The number of nitrogens with one attached hydrogen (secondary N) is 2. The average Bonchev–Trinajstić information content (AvgIpc) is 2.77. The summed E-state index contributed by atoms with van der Waals surface area (Å²) >= 11 is 5.81. The molecule has 0 spiro atoms. The molecule has 1 unspecified atom stereocenters. The van der Waals surface area contributed by atoms with Gasteiger partial charge in [0.2, 0.25) is 0 Å². The molecular weight excluding hydrogens is 230 g/mol. The van der Waals surface area contributed by atoms with Crippen molar-refractivity contribution in [3.8, 4) is 0 Å². The molecule has 0 amide bonds. The molecule has 2 N–H and O–H groups in total. The first kappa shape index (κ1) is 11.4. The van der Waals surface area contributed by atoms with Gasteiger partial charge in [0.1, 0.15) is 5.02 Å². The monoisotopic (exact) mass is 243 g/mol. The van der Waals surface area contributed by atoms with Crippen molar-refractivity contribution in [3.05, 3.63) is 21.6 Å². The molecule has 5 nitrogen and oxygen atoms in total. The van der Waals surface area contributed by atoms with Crippen LogP contribution in [-0.2, 0) is 4.74 Å². The molecular formula is C10H14ClN3O2. The lowest BCUT2D eigenvalue weighted by atomic mass is 10.2. The van der Waals surface area contributed by atoms with Crippen molar-refractivity contribution in [2.75, 3.05) is 18.5 Å². The minimum absolute atomic E-state index is 0.155. The van der Waals surface area contributed by atoms with Crippen LogP contribution in [0.2, 0.25) is 5.02 Å². The Morgan fingerprint density at radius 3 is 3.31 bits per heavy atom. The maximum absolute atomic E-state index is 11.1. The van der Waals surface area contributed by atoms with E-state index in [0.29, 0.717) is 11.8 Å². The van der Waals surface area contributed by atoms with Gasteiger partial charge >= 0.3 is 0 Å². The van der Waals surface area contributed by atoms with E-state index in [1.807, 2.05) is 0 Å². The number of H-pyrrole nitrogens is 1. The number of ether oxygens (including phenoxy) is 1. The lowest BCUT2D eigenvalue weighted by molar-refractivity contribution is 0.107. The Bertz CT molecular complexity index is 401. The molecule has 88 valence electrons. The normalized spacial score (nSPS) is 19.9. The highest BCUT2D eigenvalue weighted by Crippen LogP contribution is 2.17. The van der Waals surface area contributed by atoms with Gasteiger partial charge in [-0.05, 0) is 19.3 Å². The predicted octanol–water partition coefficient (Wildman–Crippen LogP) is 1.40. The predicted molar refractivity (Wildman–Crippen MR) is 61.9 cm³/mol. The minimum atomic E-state index is -0.371. The van der Waals surface area contributed by atoms with Gasteiger partial charge in [-0.1, -0.05) is 11.6 Å². The second-order valence-corrected chi connectivity index (χ2v) is 4.16. The van der Waals surface area contributed by atoms with Gasteiger partial charge in [0, 0.05) is 13.2 Å². The number of aromatic amines is 1. The van der Waals surface area contributed by atoms with E-state index in [9.17, 15) is 4.79 Å². The van der Waals surface area contributed by atoms with Crippen LogP contribution in [0.1, 0.15) is 19.3 Å². The molecule has 0 bridgehead atoms. The highest BCUT2D eigenvalue weighted by Gasteiger charge is 2.14. The van der Waals surface area contributed by atoms with Crippen LogP contribution in [0.15, 0.2) is 11.0 Å². The van der Waals surface area contributed by atoms with Crippen molar-refractivity contribution < 1.29 is 4.74 Å². The summed E-state index contributed by atoms with van der Waals surface area (Å²) in [4.78, 5) is 11.1. The standard InChI is InChI=1S/C10H14ClN3O2/c11-9-8(6-13-14-10(9)15)12-4-3-7-2-1-5-16-7/h6-7H,1-5H2,(H2,12,14,15). The maximum Gasteiger partial charge on any atom is 0.285 e. The van der Waals surface area contributed by atoms with Crippen molar-refractivity contribution in [1.82, 2.24) is 10.2 Å². The highest BCUT2D eigenvalue weighted by molar-refractivity contribution is 6.32. The fourth-order valence-electron chi connectivity index (χ4n) is 1.75. The van der Waals surface area contributed by atoms with Gasteiger partial charge in [0.05, 0.1) is 18.0 Å². The van der Waals surface area contributed by atoms with E-state index in [1.165, 1.54) is 6.20 Å². The minimum Gasteiger partial charge on any atom is -0.382 e. The van der Waals surface area contributed by atoms with E-state index in [2.05, 4.69) is 15.5 Å². The van der Waals surface area contributed by atoms with Crippen LogP contribution in [0.25, 0.3) is 0 Å².